The first-order chi connectivity index (χ1) is 5.65. The second-order valence-corrected chi connectivity index (χ2v) is 2.96. The number of aromatic nitrogens is 2. The van der Waals surface area contributed by atoms with E-state index in [0.29, 0.717) is 0 Å². The van der Waals surface area contributed by atoms with E-state index < -0.39 is 0 Å². The Bertz CT molecular complexity index is 194. The van der Waals surface area contributed by atoms with Gasteiger partial charge < -0.3 is 0 Å². The van der Waals surface area contributed by atoms with E-state index in [-0.39, 0.29) is 0 Å². The van der Waals surface area contributed by atoms with Crippen molar-refractivity contribution in [2.75, 3.05) is 0 Å². The summed E-state index contributed by atoms with van der Waals surface area (Å²) >= 11 is 0. The van der Waals surface area contributed by atoms with Gasteiger partial charge >= 0.3 is 0 Å². The summed E-state index contributed by atoms with van der Waals surface area (Å²) in [6.45, 7) is 11.4. The van der Waals surface area contributed by atoms with Gasteiger partial charge in [0, 0.05) is 12.7 Å². The molecule has 2 heteroatoms. The van der Waals surface area contributed by atoms with Crippen molar-refractivity contribution in [2.45, 2.75) is 47.6 Å². The maximum atomic E-state index is 4.25. The molecule has 1 aromatic heterocycles. The van der Waals surface area contributed by atoms with Crippen LogP contribution in [0.3, 0.4) is 0 Å². The summed E-state index contributed by atoms with van der Waals surface area (Å²) in [5.41, 5.74) is 2.41. The highest BCUT2D eigenvalue weighted by molar-refractivity contribution is 5.12. The topological polar surface area (TPSA) is 17.8 Å². The Morgan fingerprint density at radius 3 is 1.92 bits per heavy atom. The summed E-state index contributed by atoms with van der Waals surface area (Å²) in [6.07, 6.45) is 3.31. The molecular formula is C10H20N2. The van der Waals surface area contributed by atoms with Gasteiger partial charge in [-0.15, -0.1) is 0 Å². The Morgan fingerprint density at radius 2 is 1.75 bits per heavy atom. The van der Waals surface area contributed by atoms with Gasteiger partial charge in [0.15, 0.2) is 0 Å². The molecule has 0 spiro atoms. The summed E-state index contributed by atoms with van der Waals surface area (Å²) in [6, 6.07) is 0. The second-order valence-electron chi connectivity index (χ2n) is 2.96. The van der Waals surface area contributed by atoms with Gasteiger partial charge in [-0.1, -0.05) is 20.3 Å². The van der Waals surface area contributed by atoms with Gasteiger partial charge in [0.25, 0.3) is 0 Å². The molecule has 1 rings (SSSR count). The van der Waals surface area contributed by atoms with Crippen LogP contribution in [0.5, 0.6) is 0 Å². The predicted molar refractivity (Wildman–Crippen MR) is 53.3 cm³/mol. The average molecular weight is 168 g/mol. The fraction of sp³-hybridized carbons (Fsp3) is 0.700. The summed E-state index contributed by atoms with van der Waals surface area (Å²) in [7, 11) is 0. The lowest BCUT2D eigenvalue weighted by Gasteiger charge is -1.89. The average Bonchev–Trinajstić information content (AvgIpc) is 2.33. The van der Waals surface area contributed by atoms with Gasteiger partial charge in [0.1, 0.15) is 0 Å². The van der Waals surface area contributed by atoms with Crippen LogP contribution in [0.1, 0.15) is 38.4 Å². The van der Waals surface area contributed by atoms with Crippen molar-refractivity contribution in [1.82, 2.24) is 9.78 Å². The predicted octanol–water partition coefficient (Wildman–Crippen LogP) is 2.94. The van der Waals surface area contributed by atoms with Gasteiger partial charge in [0.2, 0.25) is 0 Å². The molecular weight excluding hydrogens is 148 g/mol. The molecule has 70 valence electrons. The first kappa shape index (κ1) is 11.2. The molecule has 0 aliphatic heterocycles. The smallest absolute Gasteiger partial charge is 0.0622 e. The van der Waals surface area contributed by atoms with E-state index in [9.17, 15) is 0 Å². The number of rotatable bonds is 1. The van der Waals surface area contributed by atoms with Crippen LogP contribution >= 0.6 is 0 Å². The van der Waals surface area contributed by atoms with E-state index in [1.54, 1.807) is 0 Å². The third kappa shape index (κ3) is 3.56. The van der Waals surface area contributed by atoms with Crippen molar-refractivity contribution in [2.24, 2.45) is 0 Å². The van der Waals surface area contributed by atoms with Crippen molar-refractivity contribution in [1.29, 1.82) is 0 Å². The highest BCUT2D eigenvalue weighted by Crippen LogP contribution is 2.01. The summed E-state index contributed by atoms with van der Waals surface area (Å²) < 4.78 is 1.95. The lowest BCUT2D eigenvalue weighted by molar-refractivity contribution is 0.653. The van der Waals surface area contributed by atoms with Gasteiger partial charge in [-0.3, -0.25) is 4.68 Å². The van der Waals surface area contributed by atoms with Crippen LogP contribution in [-0.4, -0.2) is 9.78 Å². The van der Waals surface area contributed by atoms with Crippen molar-refractivity contribution >= 4 is 0 Å². The molecule has 0 aliphatic rings. The van der Waals surface area contributed by atoms with E-state index in [1.807, 2.05) is 11.6 Å². The maximum Gasteiger partial charge on any atom is 0.0622 e. The molecule has 0 saturated heterocycles. The Labute approximate surface area is 75.6 Å². The summed E-state index contributed by atoms with van der Waals surface area (Å²) in [4.78, 5) is 0. The molecule has 0 aliphatic carbocycles. The largest absolute Gasteiger partial charge is 0.273 e. The standard InChI is InChI=1S/C7H12N2.C3H8/c1-4-9-5-6(2)7(3)8-9;1-3-2/h5H,4H2,1-3H3;3H2,1-2H3. The second kappa shape index (κ2) is 5.81. The maximum absolute atomic E-state index is 4.25. The van der Waals surface area contributed by atoms with E-state index in [1.165, 1.54) is 12.0 Å². The molecule has 1 heterocycles. The van der Waals surface area contributed by atoms with Crippen LogP contribution in [0.25, 0.3) is 0 Å². The molecule has 0 atom stereocenters. The minimum absolute atomic E-state index is 0.967. The number of hydrogen-bond donors (Lipinski definition) is 0. The Balaban J connectivity index is 0.000000354. The van der Waals surface area contributed by atoms with Crippen LogP contribution in [0, 0.1) is 13.8 Å². The summed E-state index contributed by atoms with van der Waals surface area (Å²) in [5.74, 6) is 0. The van der Waals surface area contributed by atoms with Crippen molar-refractivity contribution in [3.05, 3.63) is 17.5 Å². The molecule has 0 aromatic carbocycles. The molecule has 2 nitrogen and oxygen atoms in total. The SMILES string of the molecule is CCC.CCn1cc(C)c(C)n1. The van der Waals surface area contributed by atoms with Crippen LogP contribution in [-0.2, 0) is 6.54 Å². The zero-order chi connectivity index (χ0) is 9.56. The van der Waals surface area contributed by atoms with Gasteiger partial charge in [-0.2, -0.15) is 5.10 Å². The van der Waals surface area contributed by atoms with E-state index in [0.717, 1.165) is 12.2 Å². The molecule has 0 amide bonds. The van der Waals surface area contributed by atoms with Crippen LogP contribution in [0.2, 0.25) is 0 Å². The normalized spacial score (nSPS) is 9.08. The van der Waals surface area contributed by atoms with Crippen LogP contribution in [0.15, 0.2) is 6.20 Å². The Kier molecular flexibility index (Phi) is 5.43. The molecule has 0 bridgehead atoms. The molecule has 0 N–H and O–H groups in total. The third-order valence-corrected chi connectivity index (χ3v) is 1.52. The Morgan fingerprint density at radius 1 is 1.25 bits per heavy atom. The van der Waals surface area contributed by atoms with E-state index in [2.05, 4.69) is 39.0 Å². The van der Waals surface area contributed by atoms with Gasteiger partial charge in [0.05, 0.1) is 5.69 Å². The molecule has 0 unspecified atom stereocenters. The Hall–Kier alpha value is -0.790. The fourth-order valence-corrected chi connectivity index (χ4v) is 0.779. The van der Waals surface area contributed by atoms with Gasteiger partial charge in [-0.05, 0) is 26.3 Å². The van der Waals surface area contributed by atoms with Gasteiger partial charge in [-0.25, -0.2) is 0 Å². The quantitative estimate of drug-likeness (QED) is 0.630. The minimum Gasteiger partial charge on any atom is -0.273 e. The third-order valence-electron chi connectivity index (χ3n) is 1.52. The summed E-state index contributed by atoms with van der Waals surface area (Å²) in [5, 5.41) is 4.25. The molecule has 0 fully saturated rings. The highest BCUT2D eigenvalue weighted by atomic mass is 15.3. The number of aryl methyl sites for hydroxylation is 3. The zero-order valence-electron chi connectivity index (χ0n) is 8.89. The molecule has 0 saturated carbocycles. The minimum atomic E-state index is 0.967. The van der Waals surface area contributed by atoms with Crippen molar-refractivity contribution in [3.8, 4) is 0 Å². The number of nitrogens with zero attached hydrogens (tertiary/aromatic N) is 2. The van der Waals surface area contributed by atoms with Crippen molar-refractivity contribution in [3.63, 3.8) is 0 Å². The lowest BCUT2D eigenvalue weighted by atomic mass is 10.3. The van der Waals surface area contributed by atoms with Crippen molar-refractivity contribution < 1.29 is 0 Å². The zero-order valence-corrected chi connectivity index (χ0v) is 8.89. The molecule has 12 heavy (non-hydrogen) atoms. The molecule has 1 aromatic rings. The highest BCUT2D eigenvalue weighted by Gasteiger charge is 1.95. The molecule has 0 radical (unpaired) electrons. The first-order valence-corrected chi connectivity index (χ1v) is 4.66. The van der Waals surface area contributed by atoms with E-state index in [4.69, 9.17) is 0 Å². The monoisotopic (exact) mass is 168 g/mol. The van der Waals surface area contributed by atoms with E-state index >= 15 is 0 Å². The van der Waals surface area contributed by atoms with Crippen LogP contribution in [0.4, 0.5) is 0 Å². The van der Waals surface area contributed by atoms with Crippen LogP contribution < -0.4 is 0 Å². The fourth-order valence-electron chi connectivity index (χ4n) is 0.779. The number of hydrogen-bond acceptors (Lipinski definition) is 1. The first-order valence-electron chi connectivity index (χ1n) is 4.66. The lowest BCUT2D eigenvalue weighted by Crippen LogP contribution is -1.93.